The van der Waals surface area contributed by atoms with E-state index in [2.05, 4.69) is 0 Å². The van der Waals surface area contributed by atoms with Crippen LogP contribution < -0.4 is 0 Å². The van der Waals surface area contributed by atoms with Crippen LogP contribution in [-0.4, -0.2) is 18.3 Å². The molecule has 0 radical (unpaired) electrons. The van der Waals surface area contributed by atoms with E-state index in [-0.39, 0.29) is 5.78 Å². The van der Waals surface area contributed by atoms with Crippen molar-refractivity contribution >= 4 is 23.8 Å². The molecular weight excluding hydrogens is 244 g/mol. The van der Waals surface area contributed by atoms with Gasteiger partial charge in [0.2, 0.25) is 0 Å². The Bertz CT molecular complexity index is 674. The second-order valence-corrected chi connectivity index (χ2v) is 4.94. The van der Waals surface area contributed by atoms with Gasteiger partial charge in [-0.05, 0) is 23.4 Å². The minimum atomic E-state index is -0.0430. The van der Waals surface area contributed by atoms with Crippen LogP contribution in [0.5, 0.6) is 0 Å². The lowest BCUT2D eigenvalue weighted by Gasteiger charge is -2.06. The first-order valence-electron chi connectivity index (χ1n) is 5.58. The first-order valence-corrected chi connectivity index (χ1v) is 6.80. The predicted molar refractivity (Wildman–Crippen MR) is 72.5 cm³/mol. The molecule has 2 aromatic rings. The zero-order valence-electron chi connectivity index (χ0n) is 9.77. The summed E-state index contributed by atoms with van der Waals surface area (Å²) in [4.78, 5) is 24.5. The molecule has 0 aromatic heterocycles. The fourth-order valence-corrected chi connectivity index (χ4v) is 2.99. The average molecular weight is 254 g/mol. The van der Waals surface area contributed by atoms with Crippen LogP contribution in [-0.2, 0) is 0 Å². The highest BCUT2D eigenvalue weighted by atomic mass is 32.2. The summed E-state index contributed by atoms with van der Waals surface area (Å²) in [5.74, 6) is -0.0430. The largest absolute Gasteiger partial charge is 0.298 e. The van der Waals surface area contributed by atoms with Crippen molar-refractivity contribution in [3.63, 3.8) is 0 Å². The number of benzene rings is 2. The predicted octanol–water partition coefficient (Wildman–Crippen LogP) is 3.43. The van der Waals surface area contributed by atoms with Gasteiger partial charge in [0.1, 0.15) is 0 Å². The molecule has 2 aromatic carbocycles. The zero-order valence-corrected chi connectivity index (χ0v) is 10.6. The van der Waals surface area contributed by atoms with E-state index in [1.54, 1.807) is 0 Å². The van der Waals surface area contributed by atoms with Crippen molar-refractivity contribution in [2.45, 2.75) is 4.90 Å². The van der Waals surface area contributed by atoms with Gasteiger partial charge in [-0.1, -0.05) is 30.3 Å². The maximum atomic E-state index is 12.4. The summed E-state index contributed by atoms with van der Waals surface area (Å²) in [6, 6.07) is 11.3. The number of rotatable bonds is 2. The second kappa shape index (κ2) is 4.10. The van der Waals surface area contributed by atoms with Crippen LogP contribution in [0.15, 0.2) is 41.3 Å². The van der Waals surface area contributed by atoms with Crippen molar-refractivity contribution in [1.29, 1.82) is 0 Å². The van der Waals surface area contributed by atoms with Gasteiger partial charge in [0, 0.05) is 21.6 Å². The highest BCUT2D eigenvalue weighted by molar-refractivity contribution is 7.98. The minimum Gasteiger partial charge on any atom is -0.298 e. The summed E-state index contributed by atoms with van der Waals surface area (Å²) in [6.07, 6.45) is 2.69. The molecule has 0 aliphatic heterocycles. The highest BCUT2D eigenvalue weighted by Crippen LogP contribution is 2.40. The van der Waals surface area contributed by atoms with Crippen molar-refractivity contribution in [1.82, 2.24) is 0 Å². The molecule has 88 valence electrons. The van der Waals surface area contributed by atoms with Crippen LogP contribution in [0.4, 0.5) is 0 Å². The van der Waals surface area contributed by atoms with Crippen LogP contribution in [0.25, 0.3) is 11.1 Å². The summed E-state index contributed by atoms with van der Waals surface area (Å²) in [5, 5.41) is 0. The fraction of sp³-hybridized carbons (Fsp3) is 0.0667. The van der Waals surface area contributed by atoms with E-state index in [9.17, 15) is 9.59 Å². The molecule has 0 bridgehead atoms. The average Bonchev–Trinajstić information content (AvgIpc) is 2.72. The molecule has 0 amide bonds. The third-order valence-corrected chi connectivity index (χ3v) is 4.03. The Kier molecular flexibility index (Phi) is 2.56. The Labute approximate surface area is 109 Å². The molecule has 0 unspecified atom stereocenters. The van der Waals surface area contributed by atoms with E-state index in [1.807, 2.05) is 42.7 Å². The maximum absolute atomic E-state index is 12.4. The Morgan fingerprint density at radius 1 is 1.00 bits per heavy atom. The fourth-order valence-electron chi connectivity index (χ4n) is 2.42. The van der Waals surface area contributed by atoms with Crippen molar-refractivity contribution in [2.75, 3.05) is 6.26 Å². The van der Waals surface area contributed by atoms with Crippen LogP contribution in [0.2, 0.25) is 0 Å². The Morgan fingerprint density at radius 2 is 1.72 bits per heavy atom. The monoisotopic (exact) mass is 254 g/mol. The molecule has 1 aliphatic carbocycles. The van der Waals surface area contributed by atoms with Gasteiger partial charge in [-0.15, -0.1) is 11.8 Å². The first-order chi connectivity index (χ1) is 8.77. The third kappa shape index (κ3) is 1.37. The van der Waals surface area contributed by atoms with E-state index >= 15 is 0 Å². The number of fused-ring (bicyclic) bond motifs is 3. The smallest absolute Gasteiger partial charge is 0.195 e. The van der Waals surface area contributed by atoms with E-state index < -0.39 is 0 Å². The lowest BCUT2D eigenvalue weighted by Crippen LogP contribution is -2.01. The van der Waals surface area contributed by atoms with Crippen LogP contribution in [0.1, 0.15) is 26.3 Å². The Hall–Kier alpha value is -1.87. The number of thioether (sulfide) groups is 1. The van der Waals surface area contributed by atoms with Gasteiger partial charge >= 0.3 is 0 Å². The highest BCUT2D eigenvalue weighted by Gasteiger charge is 2.29. The topological polar surface area (TPSA) is 34.1 Å². The molecular formula is C15H10O2S. The maximum Gasteiger partial charge on any atom is 0.195 e. The number of hydrogen-bond acceptors (Lipinski definition) is 3. The summed E-state index contributed by atoms with van der Waals surface area (Å²) >= 11 is 1.48. The van der Waals surface area contributed by atoms with E-state index in [0.29, 0.717) is 16.7 Å². The van der Waals surface area contributed by atoms with Gasteiger partial charge in [-0.25, -0.2) is 0 Å². The van der Waals surface area contributed by atoms with Gasteiger partial charge < -0.3 is 0 Å². The second-order valence-electron chi connectivity index (χ2n) is 4.10. The zero-order chi connectivity index (χ0) is 12.7. The Balaban J connectivity index is 2.37. The van der Waals surface area contributed by atoms with Gasteiger partial charge in [-0.2, -0.15) is 0 Å². The van der Waals surface area contributed by atoms with E-state index in [0.717, 1.165) is 22.3 Å². The van der Waals surface area contributed by atoms with Crippen molar-refractivity contribution in [3.05, 3.63) is 53.1 Å². The molecule has 0 N–H and O–H groups in total. The summed E-state index contributed by atoms with van der Waals surface area (Å²) < 4.78 is 0. The van der Waals surface area contributed by atoms with E-state index in [1.165, 1.54) is 11.8 Å². The lowest BCUT2D eigenvalue weighted by atomic mass is 10.0. The van der Waals surface area contributed by atoms with Crippen LogP contribution in [0.3, 0.4) is 0 Å². The SMILES string of the molecule is CSc1ccc2c(c1C=O)C(=O)c1ccccc1-2. The molecule has 18 heavy (non-hydrogen) atoms. The normalized spacial score (nSPS) is 12.2. The number of ketones is 1. The van der Waals surface area contributed by atoms with E-state index in [4.69, 9.17) is 0 Å². The molecule has 0 atom stereocenters. The number of hydrogen-bond donors (Lipinski definition) is 0. The Morgan fingerprint density at radius 3 is 2.39 bits per heavy atom. The molecule has 0 heterocycles. The summed E-state index contributed by atoms with van der Waals surface area (Å²) in [6.45, 7) is 0. The molecule has 2 nitrogen and oxygen atoms in total. The summed E-state index contributed by atoms with van der Waals surface area (Å²) in [5.41, 5.74) is 3.55. The summed E-state index contributed by atoms with van der Waals surface area (Å²) in [7, 11) is 0. The quantitative estimate of drug-likeness (QED) is 0.519. The van der Waals surface area contributed by atoms with Gasteiger partial charge in [-0.3, -0.25) is 9.59 Å². The van der Waals surface area contributed by atoms with Gasteiger partial charge in [0.05, 0.1) is 0 Å². The number of aldehydes is 1. The number of carbonyl (C=O) groups excluding carboxylic acids is 2. The van der Waals surface area contributed by atoms with Crippen LogP contribution >= 0.6 is 11.8 Å². The van der Waals surface area contributed by atoms with Crippen molar-refractivity contribution < 1.29 is 9.59 Å². The standard InChI is InChI=1S/C15H10O2S/c1-18-13-7-6-10-9-4-2-3-5-11(9)15(17)14(10)12(13)8-16/h2-8H,1H3. The van der Waals surface area contributed by atoms with Crippen molar-refractivity contribution in [3.8, 4) is 11.1 Å². The molecule has 0 saturated carbocycles. The first kappa shape index (κ1) is 11.2. The molecule has 0 spiro atoms. The molecule has 3 heteroatoms. The molecule has 3 rings (SSSR count). The molecule has 0 saturated heterocycles. The molecule has 1 aliphatic rings. The van der Waals surface area contributed by atoms with Crippen molar-refractivity contribution in [2.24, 2.45) is 0 Å². The minimum absolute atomic E-state index is 0.0430. The van der Waals surface area contributed by atoms with Crippen LogP contribution in [0, 0.1) is 0 Å². The third-order valence-electron chi connectivity index (χ3n) is 3.23. The number of carbonyl (C=O) groups is 2. The van der Waals surface area contributed by atoms with Gasteiger partial charge in [0.15, 0.2) is 12.1 Å². The van der Waals surface area contributed by atoms with Gasteiger partial charge in [0.25, 0.3) is 0 Å². The lowest BCUT2D eigenvalue weighted by molar-refractivity contribution is 0.103. The molecule has 0 fully saturated rings.